The lowest BCUT2D eigenvalue weighted by molar-refractivity contribution is 0.833. The van der Waals surface area contributed by atoms with Crippen molar-refractivity contribution in [1.29, 1.82) is 0 Å². The molecule has 0 saturated carbocycles. The third-order valence-corrected chi connectivity index (χ3v) is 3.25. The summed E-state index contributed by atoms with van der Waals surface area (Å²) < 4.78 is 1.89. The van der Waals surface area contributed by atoms with E-state index in [1.165, 1.54) is 10.8 Å². The maximum Gasteiger partial charge on any atom is 0.131 e. The fourth-order valence-corrected chi connectivity index (χ4v) is 2.32. The van der Waals surface area contributed by atoms with Gasteiger partial charge in [0.05, 0.1) is 6.33 Å². The summed E-state index contributed by atoms with van der Waals surface area (Å²) in [5.74, 6) is 0.677. The van der Waals surface area contributed by atoms with Crippen molar-refractivity contribution in [3.63, 3.8) is 0 Å². The second-order valence-corrected chi connectivity index (χ2v) is 4.45. The Balaban J connectivity index is 2.22. The van der Waals surface area contributed by atoms with Crippen LogP contribution in [0.2, 0.25) is 0 Å². The molecular formula is C16H15N3. The van der Waals surface area contributed by atoms with E-state index in [2.05, 4.69) is 35.8 Å². The second-order valence-electron chi connectivity index (χ2n) is 4.45. The number of benzene rings is 2. The molecular weight excluding hydrogens is 234 g/mol. The van der Waals surface area contributed by atoms with Crippen molar-refractivity contribution in [2.75, 3.05) is 5.73 Å². The number of nitrogens with zero attached hydrogens (tertiary/aromatic N) is 2. The molecule has 3 rings (SSSR count). The summed E-state index contributed by atoms with van der Waals surface area (Å²) in [4.78, 5) is 4.44. The number of allylic oxidation sites excluding steroid dienone is 1. The third kappa shape index (κ3) is 1.89. The van der Waals surface area contributed by atoms with Crippen LogP contribution in [0.5, 0.6) is 0 Å². The quantitative estimate of drug-likeness (QED) is 0.722. The van der Waals surface area contributed by atoms with Gasteiger partial charge in [0.2, 0.25) is 0 Å². The molecule has 2 N–H and O–H groups in total. The van der Waals surface area contributed by atoms with E-state index in [4.69, 9.17) is 5.73 Å². The molecule has 1 heterocycles. The van der Waals surface area contributed by atoms with E-state index >= 15 is 0 Å². The lowest BCUT2D eigenvalue weighted by Gasteiger charge is -2.06. The normalized spacial score (nSPS) is 10.7. The third-order valence-electron chi connectivity index (χ3n) is 3.25. The molecule has 0 bridgehead atoms. The zero-order valence-corrected chi connectivity index (χ0v) is 10.6. The summed E-state index contributed by atoms with van der Waals surface area (Å²) in [7, 11) is 0. The molecule has 1 aromatic heterocycles. The number of aromatic nitrogens is 2. The van der Waals surface area contributed by atoms with E-state index in [1.807, 2.05) is 28.8 Å². The molecule has 3 aromatic rings. The molecule has 0 saturated heterocycles. The molecule has 3 nitrogen and oxygen atoms in total. The predicted molar refractivity (Wildman–Crippen MR) is 79.8 cm³/mol. The van der Waals surface area contributed by atoms with Crippen LogP contribution in [-0.4, -0.2) is 9.55 Å². The van der Waals surface area contributed by atoms with Gasteiger partial charge < -0.3 is 10.3 Å². The Morgan fingerprint density at radius 3 is 2.79 bits per heavy atom. The van der Waals surface area contributed by atoms with Crippen molar-refractivity contribution in [3.05, 3.63) is 61.4 Å². The number of anilines is 1. The number of rotatable bonds is 3. The minimum atomic E-state index is 0.670. The number of hydrogen-bond donors (Lipinski definition) is 1. The maximum absolute atomic E-state index is 6.17. The van der Waals surface area contributed by atoms with E-state index < -0.39 is 0 Å². The van der Waals surface area contributed by atoms with Gasteiger partial charge in [0.25, 0.3) is 0 Å². The zero-order chi connectivity index (χ0) is 13.2. The first-order chi connectivity index (χ1) is 9.31. The fourth-order valence-electron chi connectivity index (χ4n) is 2.32. The smallest absolute Gasteiger partial charge is 0.131 e. The van der Waals surface area contributed by atoms with Gasteiger partial charge in [-0.3, -0.25) is 0 Å². The molecule has 0 amide bonds. The number of nitrogen functional groups attached to an aromatic ring is 1. The van der Waals surface area contributed by atoms with Crippen LogP contribution < -0.4 is 5.73 Å². The molecule has 0 aliphatic heterocycles. The van der Waals surface area contributed by atoms with Gasteiger partial charge >= 0.3 is 0 Å². The molecule has 2 aromatic carbocycles. The van der Waals surface area contributed by atoms with Gasteiger partial charge in [0.15, 0.2) is 0 Å². The lowest BCUT2D eigenvalue weighted by atomic mass is 10.0. The monoisotopic (exact) mass is 249 g/mol. The van der Waals surface area contributed by atoms with E-state index in [0.29, 0.717) is 12.4 Å². The van der Waals surface area contributed by atoms with E-state index in [0.717, 1.165) is 11.3 Å². The van der Waals surface area contributed by atoms with Crippen molar-refractivity contribution in [1.82, 2.24) is 9.55 Å². The van der Waals surface area contributed by atoms with E-state index in [1.54, 1.807) is 6.33 Å². The van der Waals surface area contributed by atoms with Gasteiger partial charge in [-0.15, -0.1) is 6.58 Å². The highest BCUT2D eigenvalue weighted by Crippen LogP contribution is 2.31. The Morgan fingerprint density at radius 1 is 1.16 bits per heavy atom. The SMILES string of the molecule is C=CCn1cnc(-c2cccc3ccccc23)c1N. The fraction of sp³-hybridized carbons (Fsp3) is 0.0625. The molecule has 3 heteroatoms. The minimum absolute atomic E-state index is 0.670. The van der Waals surface area contributed by atoms with Crippen molar-refractivity contribution in [2.24, 2.45) is 0 Å². The Bertz CT molecular complexity index is 735. The highest BCUT2D eigenvalue weighted by molar-refractivity contribution is 5.97. The van der Waals surface area contributed by atoms with Gasteiger partial charge in [-0.2, -0.15) is 0 Å². The van der Waals surface area contributed by atoms with Crippen molar-refractivity contribution < 1.29 is 0 Å². The highest BCUT2D eigenvalue weighted by atomic mass is 15.1. The standard InChI is InChI=1S/C16H15N3/c1-2-10-19-11-18-15(16(19)17)14-9-5-7-12-6-3-4-8-13(12)14/h2-9,11H,1,10,17H2. The van der Waals surface area contributed by atoms with E-state index in [9.17, 15) is 0 Å². The number of imidazole rings is 1. The van der Waals surface area contributed by atoms with Crippen LogP contribution in [-0.2, 0) is 6.54 Å². The van der Waals surface area contributed by atoms with Gasteiger partial charge in [-0.05, 0) is 10.8 Å². The van der Waals surface area contributed by atoms with Crippen LogP contribution in [0.3, 0.4) is 0 Å². The Kier molecular flexibility index (Phi) is 2.80. The molecule has 0 unspecified atom stereocenters. The van der Waals surface area contributed by atoms with Crippen LogP contribution in [0.15, 0.2) is 61.4 Å². The summed E-state index contributed by atoms with van der Waals surface area (Å²) in [5, 5.41) is 2.36. The largest absolute Gasteiger partial charge is 0.383 e. The van der Waals surface area contributed by atoms with E-state index in [-0.39, 0.29) is 0 Å². The van der Waals surface area contributed by atoms with Crippen molar-refractivity contribution in [2.45, 2.75) is 6.54 Å². The van der Waals surface area contributed by atoms with Crippen molar-refractivity contribution in [3.8, 4) is 11.3 Å². The predicted octanol–water partition coefficient (Wildman–Crippen LogP) is 3.47. The van der Waals surface area contributed by atoms with Crippen LogP contribution in [0.4, 0.5) is 5.82 Å². The molecule has 0 atom stereocenters. The first-order valence-electron chi connectivity index (χ1n) is 6.21. The van der Waals surface area contributed by atoms with Crippen LogP contribution >= 0.6 is 0 Å². The minimum Gasteiger partial charge on any atom is -0.383 e. The number of nitrogens with two attached hydrogens (primary N) is 1. The lowest BCUT2D eigenvalue weighted by Crippen LogP contribution is -2.00. The topological polar surface area (TPSA) is 43.8 Å². The summed E-state index contributed by atoms with van der Waals surface area (Å²) in [6.07, 6.45) is 3.57. The average Bonchev–Trinajstić information content (AvgIpc) is 2.80. The molecule has 0 spiro atoms. The molecule has 0 aliphatic carbocycles. The maximum atomic E-state index is 6.17. The first-order valence-corrected chi connectivity index (χ1v) is 6.21. The zero-order valence-electron chi connectivity index (χ0n) is 10.6. The van der Waals surface area contributed by atoms with Gasteiger partial charge in [0, 0.05) is 12.1 Å². The Labute approximate surface area is 112 Å². The summed E-state index contributed by atoms with van der Waals surface area (Å²) >= 11 is 0. The molecule has 0 fully saturated rings. The van der Waals surface area contributed by atoms with Crippen LogP contribution in [0.25, 0.3) is 22.0 Å². The molecule has 0 aliphatic rings. The molecule has 19 heavy (non-hydrogen) atoms. The average molecular weight is 249 g/mol. The second kappa shape index (κ2) is 4.61. The molecule has 94 valence electrons. The van der Waals surface area contributed by atoms with Crippen molar-refractivity contribution >= 4 is 16.6 Å². The first kappa shape index (κ1) is 11.5. The number of hydrogen-bond acceptors (Lipinski definition) is 2. The van der Waals surface area contributed by atoms with Gasteiger partial charge in [-0.25, -0.2) is 4.98 Å². The Hall–Kier alpha value is -2.55. The van der Waals surface area contributed by atoms with Gasteiger partial charge in [0.1, 0.15) is 11.5 Å². The Morgan fingerprint density at radius 2 is 1.95 bits per heavy atom. The molecule has 0 radical (unpaired) electrons. The highest BCUT2D eigenvalue weighted by Gasteiger charge is 2.11. The summed E-state index contributed by atoms with van der Waals surface area (Å²) in [6, 6.07) is 14.4. The number of fused-ring (bicyclic) bond motifs is 1. The summed E-state index contributed by atoms with van der Waals surface area (Å²) in [5.41, 5.74) is 8.07. The van der Waals surface area contributed by atoms with Gasteiger partial charge in [-0.1, -0.05) is 48.5 Å². The van der Waals surface area contributed by atoms with Crippen LogP contribution in [0.1, 0.15) is 0 Å². The van der Waals surface area contributed by atoms with Crippen LogP contribution in [0, 0.1) is 0 Å². The summed E-state index contributed by atoms with van der Waals surface area (Å²) in [6.45, 7) is 4.40.